The van der Waals surface area contributed by atoms with E-state index in [2.05, 4.69) is 30.8 Å². The Morgan fingerprint density at radius 3 is 2.23 bits per heavy atom. The number of carbonyl (C=O) groups is 2. The Bertz CT molecular complexity index is 997. The van der Waals surface area contributed by atoms with Gasteiger partial charge in [0.1, 0.15) is 0 Å². The van der Waals surface area contributed by atoms with Crippen molar-refractivity contribution in [3.8, 4) is 11.5 Å². The number of nitrogens with zero attached hydrogens (tertiary/aromatic N) is 2. The van der Waals surface area contributed by atoms with Crippen molar-refractivity contribution >= 4 is 23.5 Å². The molecule has 9 nitrogen and oxygen atoms in total. The van der Waals surface area contributed by atoms with Crippen LogP contribution in [0.1, 0.15) is 31.2 Å². The largest absolute Gasteiger partial charge is 0.453 e. The van der Waals surface area contributed by atoms with Gasteiger partial charge in [0.15, 0.2) is 5.82 Å². The predicted octanol–water partition coefficient (Wildman–Crippen LogP) is 4.36. The van der Waals surface area contributed by atoms with Gasteiger partial charge >= 0.3 is 12.1 Å². The first-order chi connectivity index (χ1) is 14.4. The van der Waals surface area contributed by atoms with Crippen LogP contribution in [0.25, 0.3) is 11.5 Å². The normalized spacial score (nSPS) is 10.5. The van der Waals surface area contributed by atoms with Gasteiger partial charge < -0.3 is 19.9 Å². The Balaban J connectivity index is 1.50. The van der Waals surface area contributed by atoms with E-state index in [1.807, 2.05) is 13.8 Å². The average Bonchev–Trinajstić information content (AvgIpc) is 3.24. The molecule has 9 heteroatoms. The summed E-state index contributed by atoms with van der Waals surface area (Å²) in [5, 5.41) is 12.1. The lowest BCUT2D eigenvalue weighted by atomic mass is 10.2. The Labute approximate surface area is 173 Å². The summed E-state index contributed by atoms with van der Waals surface area (Å²) in [5.74, 6) is 1.29. The Morgan fingerprint density at radius 2 is 1.63 bits per heavy atom. The van der Waals surface area contributed by atoms with Crippen molar-refractivity contribution in [3.05, 3.63) is 59.9 Å². The number of urea groups is 1. The number of amides is 3. The number of hydrogen-bond acceptors (Lipinski definition) is 6. The number of hydrogen-bond donors (Lipinski definition) is 3. The summed E-state index contributed by atoms with van der Waals surface area (Å²) in [6.45, 7) is 4.32. The van der Waals surface area contributed by atoms with Crippen molar-refractivity contribution in [2.75, 3.05) is 17.7 Å². The molecule has 3 N–H and O–H groups in total. The smallest absolute Gasteiger partial charge is 0.411 e. The number of anilines is 2. The van der Waals surface area contributed by atoms with E-state index in [1.165, 1.54) is 7.11 Å². The van der Waals surface area contributed by atoms with Gasteiger partial charge in [0.2, 0.25) is 0 Å². The van der Waals surface area contributed by atoms with Crippen LogP contribution >= 0.6 is 0 Å². The maximum absolute atomic E-state index is 12.1. The van der Waals surface area contributed by atoms with Crippen LogP contribution in [-0.2, 0) is 11.3 Å². The second-order valence-corrected chi connectivity index (χ2v) is 6.81. The summed E-state index contributed by atoms with van der Waals surface area (Å²) in [6.07, 6.45) is -0.536. The first-order valence-electron chi connectivity index (χ1n) is 9.37. The summed E-state index contributed by atoms with van der Waals surface area (Å²) in [4.78, 5) is 27.7. The first kappa shape index (κ1) is 20.8. The number of ether oxygens (including phenoxy) is 1. The van der Waals surface area contributed by atoms with Crippen LogP contribution < -0.4 is 16.0 Å². The summed E-state index contributed by atoms with van der Waals surface area (Å²) >= 11 is 0. The van der Waals surface area contributed by atoms with Gasteiger partial charge in [-0.25, -0.2) is 9.59 Å². The quantitative estimate of drug-likeness (QED) is 0.557. The zero-order chi connectivity index (χ0) is 21.5. The molecule has 30 heavy (non-hydrogen) atoms. The van der Waals surface area contributed by atoms with Crippen molar-refractivity contribution in [2.24, 2.45) is 0 Å². The van der Waals surface area contributed by atoms with Crippen molar-refractivity contribution in [3.63, 3.8) is 0 Å². The molecule has 0 saturated heterocycles. The second-order valence-electron chi connectivity index (χ2n) is 6.81. The highest BCUT2D eigenvalue weighted by Gasteiger charge is 2.11. The van der Waals surface area contributed by atoms with Crippen LogP contribution in [0.2, 0.25) is 0 Å². The average molecular weight is 409 g/mol. The number of benzene rings is 2. The molecule has 3 aromatic rings. The molecular formula is C21H23N5O4. The van der Waals surface area contributed by atoms with Crippen LogP contribution in [-0.4, -0.2) is 29.4 Å². The molecule has 0 aliphatic carbocycles. The first-order valence-corrected chi connectivity index (χ1v) is 9.37. The topological polar surface area (TPSA) is 118 Å². The molecule has 0 aliphatic rings. The molecule has 0 atom stereocenters. The molecule has 3 amide bonds. The van der Waals surface area contributed by atoms with Gasteiger partial charge in [-0.05, 0) is 42.0 Å². The summed E-state index contributed by atoms with van der Waals surface area (Å²) < 4.78 is 9.80. The molecule has 0 radical (unpaired) electrons. The van der Waals surface area contributed by atoms with Crippen LogP contribution in [0.15, 0.2) is 53.1 Å². The predicted molar refractivity (Wildman–Crippen MR) is 112 cm³/mol. The van der Waals surface area contributed by atoms with Gasteiger partial charge in [0.05, 0.1) is 7.11 Å². The third-order valence-electron chi connectivity index (χ3n) is 4.19. The van der Waals surface area contributed by atoms with E-state index in [9.17, 15) is 9.59 Å². The Kier molecular flexibility index (Phi) is 6.63. The molecular weight excluding hydrogens is 386 g/mol. The Hall–Kier alpha value is -3.88. The lowest BCUT2D eigenvalue weighted by Crippen LogP contribution is -2.28. The maximum atomic E-state index is 12.1. The molecule has 0 spiro atoms. The molecule has 0 fully saturated rings. The monoisotopic (exact) mass is 409 g/mol. The highest BCUT2D eigenvalue weighted by molar-refractivity contribution is 5.89. The lowest BCUT2D eigenvalue weighted by molar-refractivity contribution is 0.187. The SMILES string of the molecule is COC(=O)Nc1ccc(CNC(=O)Nc2ccc(-c3nc(C(C)C)no3)cc2)cc1. The Morgan fingerprint density at radius 1 is 1.00 bits per heavy atom. The van der Waals surface area contributed by atoms with E-state index in [4.69, 9.17) is 4.52 Å². The van der Waals surface area contributed by atoms with E-state index in [0.717, 1.165) is 11.1 Å². The second kappa shape index (κ2) is 9.55. The molecule has 0 bridgehead atoms. The van der Waals surface area contributed by atoms with Crippen LogP contribution in [0.5, 0.6) is 0 Å². The molecule has 0 saturated carbocycles. The highest BCUT2D eigenvalue weighted by atomic mass is 16.5. The number of rotatable bonds is 6. The molecule has 3 rings (SSSR count). The summed E-state index contributed by atoms with van der Waals surface area (Å²) in [7, 11) is 1.30. The molecule has 0 aliphatic heterocycles. The van der Waals surface area contributed by atoms with Gasteiger partial charge in [-0.15, -0.1) is 0 Å². The summed E-state index contributed by atoms with van der Waals surface area (Å²) in [5.41, 5.74) is 2.91. The minimum Gasteiger partial charge on any atom is -0.453 e. The summed E-state index contributed by atoms with van der Waals surface area (Å²) in [6, 6.07) is 13.9. The lowest BCUT2D eigenvalue weighted by Gasteiger charge is -2.09. The molecule has 1 heterocycles. The minimum atomic E-state index is -0.536. The molecule has 156 valence electrons. The van der Waals surface area contributed by atoms with Gasteiger partial charge in [0, 0.05) is 29.4 Å². The zero-order valence-corrected chi connectivity index (χ0v) is 16.9. The van der Waals surface area contributed by atoms with E-state index >= 15 is 0 Å². The van der Waals surface area contributed by atoms with Crippen molar-refractivity contribution in [1.29, 1.82) is 0 Å². The number of methoxy groups -OCH3 is 1. The van der Waals surface area contributed by atoms with Crippen molar-refractivity contribution in [2.45, 2.75) is 26.3 Å². The zero-order valence-electron chi connectivity index (χ0n) is 16.9. The number of carbonyl (C=O) groups excluding carboxylic acids is 2. The van der Waals surface area contributed by atoms with Crippen LogP contribution in [0.4, 0.5) is 21.0 Å². The fourth-order valence-corrected chi connectivity index (χ4v) is 2.52. The highest BCUT2D eigenvalue weighted by Crippen LogP contribution is 2.21. The van der Waals surface area contributed by atoms with Gasteiger partial charge in [-0.1, -0.05) is 31.1 Å². The maximum Gasteiger partial charge on any atom is 0.411 e. The number of aromatic nitrogens is 2. The van der Waals surface area contributed by atoms with E-state index < -0.39 is 6.09 Å². The molecule has 1 aromatic heterocycles. The van der Waals surface area contributed by atoms with Crippen molar-refractivity contribution < 1.29 is 18.8 Å². The standard InChI is InChI=1S/C21H23N5O4/c1-13(2)18-25-19(30-26-18)15-6-10-16(11-7-15)23-20(27)22-12-14-4-8-17(9-5-14)24-21(28)29-3/h4-11,13H,12H2,1-3H3,(H,24,28)(H2,22,23,27). The van der Waals surface area contributed by atoms with Gasteiger partial charge in [-0.3, -0.25) is 5.32 Å². The third-order valence-corrected chi connectivity index (χ3v) is 4.19. The molecule has 0 unspecified atom stereocenters. The molecule has 2 aromatic carbocycles. The van der Waals surface area contributed by atoms with E-state index in [-0.39, 0.29) is 11.9 Å². The number of nitrogens with one attached hydrogen (secondary N) is 3. The van der Waals surface area contributed by atoms with Crippen molar-refractivity contribution in [1.82, 2.24) is 15.5 Å². The third kappa shape index (κ3) is 5.57. The van der Waals surface area contributed by atoms with Gasteiger partial charge in [-0.2, -0.15) is 4.98 Å². The minimum absolute atomic E-state index is 0.187. The van der Waals surface area contributed by atoms with Crippen LogP contribution in [0, 0.1) is 0 Å². The van der Waals surface area contributed by atoms with E-state index in [0.29, 0.717) is 29.6 Å². The van der Waals surface area contributed by atoms with Gasteiger partial charge in [0.25, 0.3) is 5.89 Å². The van der Waals surface area contributed by atoms with Crippen LogP contribution in [0.3, 0.4) is 0 Å². The fraction of sp³-hybridized carbons (Fsp3) is 0.238. The fourth-order valence-electron chi connectivity index (χ4n) is 2.52. The van der Waals surface area contributed by atoms with E-state index in [1.54, 1.807) is 48.5 Å².